The zero-order valence-corrected chi connectivity index (χ0v) is 8.67. The van der Waals surface area contributed by atoms with Crippen LogP contribution in [0.4, 0.5) is 0 Å². The molecule has 0 aliphatic rings. The monoisotopic (exact) mass is 185 g/mol. The first-order chi connectivity index (χ1) is 6.61. The van der Waals surface area contributed by atoms with Crippen molar-refractivity contribution in [3.8, 4) is 0 Å². The summed E-state index contributed by atoms with van der Waals surface area (Å²) < 4.78 is 0. The van der Waals surface area contributed by atoms with Gasteiger partial charge in [-0.25, -0.2) is 0 Å². The average molecular weight is 185 g/mol. The summed E-state index contributed by atoms with van der Waals surface area (Å²) in [5, 5.41) is 7.84. The molecular formula is C13H15N. The minimum Gasteiger partial charge on any atom is -0.300 e. The van der Waals surface area contributed by atoms with Gasteiger partial charge in [-0.15, -0.1) is 0 Å². The Kier molecular flexibility index (Phi) is 3.41. The molecule has 1 heteroatoms. The molecule has 0 saturated carbocycles. The Balaban J connectivity index is 2.91. The summed E-state index contributed by atoms with van der Waals surface area (Å²) in [5.41, 5.74) is 3.60. The molecule has 1 aromatic rings. The van der Waals surface area contributed by atoms with Gasteiger partial charge in [-0.05, 0) is 25.5 Å². The number of hydrogen-bond acceptors (Lipinski definition) is 1. The summed E-state index contributed by atoms with van der Waals surface area (Å²) in [6.07, 6.45) is 3.64. The Morgan fingerprint density at radius 2 is 1.93 bits per heavy atom. The van der Waals surface area contributed by atoms with Crippen LogP contribution in [-0.4, -0.2) is 5.71 Å². The molecule has 0 bridgehead atoms. The van der Waals surface area contributed by atoms with E-state index in [1.807, 2.05) is 44.2 Å². The largest absolute Gasteiger partial charge is 0.300 e. The Morgan fingerprint density at radius 3 is 2.50 bits per heavy atom. The fourth-order valence-corrected chi connectivity index (χ4v) is 1.19. The summed E-state index contributed by atoms with van der Waals surface area (Å²) in [4.78, 5) is 0. The van der Waals surface area contributed by atoms with Crippen molar-refractivity contribution in [2.24, 2.45) is 0 Å². The molecule has 0 aromatic heterocycles. The molecule has 0 atom stereocenters. The van der Waals surface area contributed by atoms with Gasteiger partial charge in [-0.3, -0.25) is 0 Å². The van der Waals surface area contributed by atoms with Crippen molar-refractivity contribution in [2.75, 3.05) is 0 Å². The van der Waals surface area contributed by atoms with E-state index in [-0.39, 0.29) is 0 Å². The molecule has 0 spiro atoms. The lowest BCUT2D eigenvalue weighted by Crippen LogP contribution is -1.97. The average Bonchev–Trinajstić information content (AvgIpc) is 2.15. The lowest BCUT2D eigenvalue weighted by Gasteiger charge is -2.02. The predicted molar refractivity (Wildman–Crippen MR) is 62.0 cm³/mol. The predicted octanol–water partition coefficient (Wildman–Crippen LogP) is 3.50. The molecule has 0 aliphatic heterocycles. The molecule has 1 rings (SSSR count). The van der Waals surface area contributed by atoms with Crippen LogP contribution in [-0.2, 0) is 0 Å². The molecule has 0 fully saturated rings. The van der Waals surface area contributed by atoms with Crippen molar-refractivity contribution in [1.82, 2.24) is 0 Å². The highest BCUT2D eigenvalue weighted by Gasteiger charge is 1.99. The van der Waals surface area contributed by atoms with E-state index in [9.17, 15) is 0 Å². The van der Waals surface area contributed by atoms with Gasteiger partial charge < -0.3 is 5.41 Å². The lowest BCUT2D eigenvalue weighted by atomic mass is 10.0. The molecule has 14 heavy (non-hydrogen) atoms. The maximum atomic E-state index is 7.84. The fourth-order valence-electron chi connectivity index (χ4n) is 1.19. The third-order valence-corrected chi connectivity index (χ3v) is 1.97. The Morgan fingerprint density at radius 1 is 1.29 bits per heavy atom. The standard InChI is InChI=1S/C13H15N/c1-10(2)8-9-13(14)12-7-5-4-6-11(12)3/h4-9,14H,1H2,2-3H3/b9-8-,14-13?. The van der Waals surface area contributed by atoms with Crippen molar-refractivity contribution < 1.29 is 0 Å². The van der Waals surface area contributed by atoms with E-state index in [1.54, 1.807) is 6.08 Å². The van der Waals surface area contributed by atoms with Crippen LogP contribution in [0.5, 0.6) is 0 Å². The van der Waals surface area contributed by atoms with Crippen LogP contribution in [0.3, 0.4) is 0 Å². The van der Waals surface area contributed by atoms with Gasteiger partial charge in [0.25, 0.3) is 0 Å². The number of hydrogen-bond donors (Lipinski definition) is 1. The summed E-state index contributed by atoms with van der Waals surface area (Å²) in [5.74, 6) is 0. The Hall–Kier alpha value is -1.63. The summed E-state index contributed by atoms with van der Waals surface area (Å²) in [7, 11) is 0. The molecule has 1 N–H and O–H groups in total. The first kappa shape index (κ1) is 10.5. The van der Waals surface area contributed by atoms with E-state index < -0.39 is 0 Å². The SMILES string of the molecule is C=C(C)/C=C\C(=N)c1ccccc1C. The molecule has 72 valence electrons. The third-order valence-electron chi connectivity index (χ3n) is 1.97. The van der Waals surface area contributed by atoms with Crippen LogP contribution in [0.1, 0.15) is 18.1 Å². The molecule has 1 nitrogen and oxygen atoms in total. The minimum absolute atomic E-state index is 0.533. The molecule has 0 radical (unpaired) electrons. The molecule has 0 unspecified atom stereocenters. The third kappa shape index (κ3) is 2.70. The van der Waals surface area contributed by atoms with E-state index >= 15 is 0 Å². The molecular weight excluding hydrogens is 170 g/mol. The quantitative estimate of drug-likeness (QED) is 0.550. The molecule has 0 saturated heterocycles. The van der Waals surface area contributed by atoms with E-state index in [0.29, 0.717) is 5.71 Å². The van der Waals surface area contributed by atoms with Gasteiger partial charge in [-0.2, -0.15) is 0 Å². The Labute approximate surface area is 85.3 Å². The highest BCUT2D eigenvalue weighted by Crippen LogP contribution is 2.08. The van der Waals surface area contributed by atoms with Crippen LogP contribution in [0.25, 0.3) is 0 Å². The second kappa shape index (κ2) is 4.56. The maximum absolute atomic E-state index is 7.84. The summed E-state index contributed by atoms with van der Waals surface area (Å²) in [6.45, 7) is 7.69. The van der Waals surface area contributed by atoms with Gasteiger partial charge in [0.2, 0.25) is 0 Å². The van der Waals surface area contributed by atoms with Crippen LogP contribution >= 0.6 is 0 Å². The second-order valence-electron chi connectivity index (χ2n) is 3.41. The van der Waals surface area contributed by atoms with Gasteiger partial charge in [0.15, 0.2) is 0 Å². The topological polar surface area (TPSA) is 23.9 Å². The van der Waals surface area contributed by atoms with Crippen molar-refractivity contribution >= 4 is 5.71 Å². The molecule has 0 amide bonds. The van der Waals surface area contributed by atoms with Crippen molar-refractivity contribution in [2.45, 2.75) is 13.8 Å². The first-order valence-electron chi connectivity index (χ1n) is 4.59. The van der Waals surface area contributed by atoms with Crippen molar-refractivity contribution in [3.63, 3.8) is 0 Å². The van der Waals surface area contributed by atoms with E-state index in [1.165, 1.54) is 0 Å². The van der Waals surface area contributed by atoms with Gasteiger partial charge >= 0.3 is 0 Å². The molecule has 0 heterocycles. The van der Waals surface area contributed by atoms with E-state index in [2.05, 4.69) is 6.58 Å². The van der Waals surface area contributed by atoms with Crippen molar-refractivity contribution in [3.05, 3.63) is 59.7 Å². The van der Waals surface area contributed by atoms with Crippen LogP contribution in [0.2, 0.25) is 0 Å². The fraction of sp³-hybridized carbons (Fsp3) is 0.154. The lowest BCUT2D eigenvalue weighted by molar-refractivity contribution is 1.40. The van der Waals surface area contributed by atoms with Gasteiger partial charge in [0.1, 0.15) is 0 Å². The number of rotatable bonds is 3. The van der Waals surface area contributed by atoms with Crippen molar-refractivity contribution in [1.29, 1.82) is 5.41 Å². The number of benzene rings is 1. The second-order valence-corrected chi connectivity index (χ2v) is 3.41. The maximum Gasteiger partial charge on any atom is 0.0614 e. The molecule has 0 aliphatic carbocycles. The van der Waals surface area contributed by atoms with E-state index in [4.69, 9.17) is 5.41 Å². The van der Waals surface area contributed by atoms with Crippen LogP contribution < -0.4 is 0 Å². The number of nitrogens with one attached hydrogen (secondary N) is 1. The Bertz CT molecular complexity index is 386. The highest BCUT2D eigenvalue weighted by atomic mass is 14.4. The summed E-state index contributed by atoms with van der Waals surface area (Å²) in [6, 6.07) is 7.90. The number of allylic oxidation sites excluding steroid dienone is 3. The van der Waals surface area contributed by atoms with Gasteiger partial charge in [0.05, 0.1) is 5.71 Å². The highest BCUT2D eigenvalue weighted by molar-refractivity contribution is 6.07. The van der Waals surface area contributed by atoms with E-state index in [0.717, 1.165) is 16.7 Å². The summed E-state index contributed by atoms with van der Waals surface area (Å²) >= 11 is 0. The van der Waals surface area contributed by atoms with Gasteiger partial charge in [0, 0.05) is 5.56 Å². The normalized spacial score (nSPS) is 10.4. The van der Waals surface area contributed by atoms with Crippen LogP contribution in [0, 0.1) is 12.3 Å². The number of aryl methyl sites for hydroxylation is 1. The minimum atomic E-state index is 0.533. The first-order valence-corrected chi connectivity index (χ1v) is 4.59. The van der Waals surface area contributed by atoms with Gasteiger partial charge in [-0.1, -0.05) is 42.5 Å². The zero-order chi connectivity index (χ0) is 10.6. The van der Waals surface area contributed by atoms with Crippen LogP contribution in [0.15, 0.2) is 48.6 Å². The molecule has 1 aromatic carbocycles. The zero-order valence-electron chi connectivity index (χ0n) is 8.67. The smallest absolute Gasteiger partial charge is 0.0614 e.